The van der Waals surface area contributed by atoms with Crippen molar-refractivity contribution in [2.24, 2.45) is 11.8 Å². The highest BCUT2D eigenvalue weighted by Crippen LogP contribution is 2.35. The van der Waals surface area contributed by atoms with Gasteiger partial charge >= 0.3 is 12.0 Å². The first kappa shape index (κ1) is 16.7. The standard InChI is InChI=1S/C16H23N3O5/c1-10-6-11(13(21)22)8-18(7-10)12(20)9-19-14(23)16(17-15(19)24)4-2-3-5-16/h10-11H,2-9H2,1H3,(H,17,24)(H,21,22). The minimum atomic E-state index is -0.917. The Balaban J connectivity index is 1.67. The van der Waals surface area contributed by atoms with Crippen molar-refractivity contribution in [1.82, 2.24) is 15.1 Å². The fraction of sp³-hybridized carbons (Fsp3) is 0.750. The van der Waals surface area contributed by atoms with E-state index in [0.29, 0.717) is 25.8 Å². The largest absolute Gasteiger partial charge is 0.481 e. The Morgan fingerprint density at radius 3 is 2.54 bits per heavy atom. The van der Waals surface area contributed by atoms with Crippen LogP contribution in [-0.2, 0) is 14.4 Å². The topological polar surface area (TPSA) is 107 Å². The molecule has 0 aromatic carbocycles. The van der Waals surface area contributed by atoms with E-state index < -0.39 is 23.5 Å². The van der Waals surface area contributed by atoms with E-state index in [4.69, 9.17) is 0 Å². The van der Waals surface area contributed by atoms with Gasteiger partial charge in [0.2, 0.25) is 5.91 Å². The molecule has 2 N–H and O–H groups in total. The summed E-state index contributed by atoms with van der Waals surface area (Å²) in [6, 6.07) is -0.518. The van der Waals surface area contributed by atoms with Crippen LogP contribution in [0.2, 0.25) is 0 Å². The van der Waals surface area contributed by atoms with E-state index >= 15 is 0 Å². The third-order valence-electron chi connectivity index (χ3n) is 5.36. The summed E-state index contributed by atoms with van der Waals surface area (Å²) in [5.74, 6) is -2.13. The van der Waals surface area contributed by atoms with Gasteiger partial charge in [0, 0.05) is 13.1 Å². The van der Waals surface area contributed by atoms with Gasteiger partial charge in [0.1, 0.15) is 12.1 Å². The van der Waals surface area contributed by atoms with Gasteiger partial charge in [-0.1, -0.05) is 19.8 Å². The number of hydrogen-bond donors (Lipinski definition) is 2. The summed E-state index contributed by atoms with van der Waals surface area (Å²) in [7, 11) is 0. The van der Waals surface area contributed by atoms with Gasteiger partial charge in [0.25, 0.3) is 5.91 Å². The number of carbonyl (C=O) groups is 4. The molecule has 0 aromatic heterocycles. The third-order valence-corrected chi connectivity index (χ3v) is 5.36. The van der Waals surface area contributed by atoms with Crippen molar-refractivity contribution in [1.29, 1.82) is 0 Å². The van der Waals surface area contributed by atoms with Gasteiger partial charge in [0.15, 0.2) is 0 Å². The predicted molar refractivity (Wildman–Crippen MR) is 82.9 cm³/mol. The lowest BCUT2D eigenvalue weighted by atomic mass is 9.90. The van der Waals surface area contributed by atoms with Gasteiger partial charge < -0.3 is 15.3 Å². The van der Waals surface area contributed by atoms with Crippen molar-refractivity contribution < 1.29 is 24.3 Å². The molecular weight excluding hydrogens is 314 g/mol. The first-order valence-electron chi connectivity index (χ1n) is 8.47. The molecule has 2 heterocycles. The number of nitrogens with zero attached hydrogens (tertiary/aromatic N) is 2. The molecule has 3 fully saturated rings. The molecule has 1 aliphatic carbocycles. The van der Waals surface area contributed by atoms with Crippen molar-refractivity contribution in [3.05, 3.63) is 0 Å². The van der Waals surface area contributed by atoms with Crippen LogP contribution in [0.3, 0.4) is 0 Å². The number of likely N-dealkylation sites (tertiary alicyclic amines) is 1. The van der Waals surface area contributed by atoms with Crippen molar-refractivity contribution >= 4 is 23.8 Å². The molecule has 2 aliphatic heterocycles. The highest BCUT2D eigenvalue weighted by atomic mass is 16.4. The molecule has 3 rings (SSSR count). The molecule has 2 saturated heterocycles. The normalized spacial score (nSPS) is 29.2. The Hall–Kier alpha value is -2.12. The number of carbonyl (C=O) groups excluding carboxylic acids is 3. The highest BCUT2D eigenvalue weighted by molar-refractivity contribution is 6.09. The highest BCUT2D eigenvalue weighted by Gasteiger charge is 2.53. The van der Waals surface area contributed by atoms with Crippen molar-refractivity contribution in [3.63, 3.8) is 0 Å². The molecule has 0 bridgehead atoms. The predicted octanol–water partition coefficient (Wildman–Crippen LogP) is 0.420. The summed E-state index contributed by atoms with van der Waals surface area (Å²) < 4.78 is 0. The molecule has 0 radical (unpaired) electrons. The van der Waals surface area contributed by atoms with Crippen LogP contribution in [0.4, 0.5) is 4.79 Å². The third kappa shape index (κ3) is 2.85. The second kappa shape index (κ2) is 6.07. The number of aliphatic carboxylic acids is 1. The first-order valence-corrected chi connectivity index (χ1v) is 8.47. The fourth-order valence-corrected chi connectivity index (χ4v) is 4.11. The lowest BCUT2D eigenvalue weighted by molar-refractivity contribution is -0.148. The average Bonchev–Trinajstić information content (AvgIpc) is 3.08. The van der Waals surface area contributed by atoms with Crippen molar-refractivity contribution in [3.8, 4) is 0 Å². The number of rotatable bonds is 3. The zero-order valence-electron chi connectivity index (χ0n) is 13.8. The number of urea groups is 1. The van der Waals surface area contributed by atoms with Gasteiger partial charge in [-0.3, -0.25) is 19.3 Å². The van der Waals surface area contributed by atoms with E-state index in [9.17, 15) is 24.3 Å². The Bertz CT molecular complexity index is 584. The SMILES string of the molecule is CC1CC(C(=O)O)CN(C(=O)CN2C(=O)NC3(CCCC3)C2=O)C1. The maximum atomic E-state index is 12.6. The van der Waals surface area contributed by atoms with E-state index in [0.717, 1.165) is 17.7 Å². The maximum Gasteiger partial charge on any atom is 0.325 e. The van der Waals surface area contributed by atoms with Gasteiger partial charge in [-0.25, -0.2) is 4.79 Å². The number of imide groups is 1. The summed E-state index contributed by atoms with van der Waals surface area (Å²) in [5, 5.41) is 11.9. The fourth-order valence-electron chi connectivity index (χ4n) is 4.11. The molecule has 24 heavy (non-hydrogen) atoms. The van der Waals surface area contributed by atoms with E-state index in [1.807, 2.05) is 6.92 Å². The van der Waals surface area contributed by atoms with Gasteiger partial charge in [-0.2, -0.15) is 0 Å². The van der Waals surface area contributed by atoms with Gasteiger partial charge in [-0.05, 0) is 25.2 Å². The molecule has 2 unspecified atom stereocenters. The molecular formula is C16H23N3O5. The van der Waals surface area contributed by atoms with Crippen LogP contribution in [0.15, 0.2) is 0 Å². The maximum absolute atomic E-state index is 12.6. The average molecular weight is 337 g/mol. The van der Waals surface area contributed by atoms with Crippen LogP contribution >= 0.6 is 0 Å². The Kier molecular flexibility index (Phi) is 4.23. The number of nitrogens with one attached hydrogen (secondary N) is 1. The molecule has 132 valence electrons. The lowest BCUT2D eigenvalue weighted by Crippen LogP contribution is -2.50. The number of carboxylic acid groups (broad SMARTS) is 1. The second-order valence-corrected chi connectivity index (χ2v) is 7.29. The summed E-state index contributed by atoms with van der Waals surface area (Å²) in [4.78, 5) is 50.9. The molecule has 4 amide bonds. The van der Waals surface area contributed by atoms with Crippen molar-refractivity contribution in [2.75, 3.05) is 19.6 Å². The smallest absolute Gasteiger partial charge is 0.325 e. The number of carboxylic acids is 1. The molecule has 8 nitrogen and oxygen atoms in total. The molecule has 8 heteroatoms. The monoisotopic (exact) mass is 337 g/mol. The molecule has 1 spiro atoms. The van der Waals surface area contributed by atoms with E-state index in [-0.39, 0.29) is 30.8 Å². The van der Waals surface area contributed by atoms with E-state index in [1.54, 1.807) is 0 Å². The molecule has 3 aliphatic rings. The van der Waals surface area contributed by atoms with Crippen LogP contribution < -0.4 is 5.32 Å². The van der Waals surface area contributed by atoms with E-state index in [1.165, 1.54) is 4.90 Å². The minimum Gasteiger partial charge on any atom is -0.481 e. The van der Waals surface area contributed by atoms with Gasteiger partial charge in [-0.15, -0.1) is 0 Å². The zero-order chi connectivity index (χ0) is 17.5. The molecule has 0 aromatic rings. The Morgan fingerprint density at radius 1 is 1.25 bits per heavy atom. The van der Waals surface area contributed by atoms with Crippen LogP contribution in [0.25, 0.3) is 0 Å². The number of amides is 4. The van der Waals surface area contributed by atoms with Crippen LogP contribution in [0.5, 0.6) is 0 Å². The second-order valence-electron chi connectivity index (χ2n) is 7.29. The summed E-state index contributed by atoms with van der Waals surface area (Å²) in [5.41, 5.74) is -0.823. The quantitative estimate of drug-likeness (QED) is 0.726. The molecule has 2 atom stereocenters. The van der Waals surface area contributed by atoms with Crippen LogP contribution in [0, 0.1) is 11.8 Å². The summed E-state index contributed by atoms with van der Waals surface area (Å²) >= 11 is 0. The minimum absolute atomic E-state index is 0.0769. The van der Waals surface area contributed by atoms with Gasteiger partial charge in [0.05, 0.1) is 5.92 Å². The number of piperidine rings is 1. The first-order chi connectivity index (χ1) is 11.3. The number of hydrogen-bond acceptors (Lipinski definition) is 4. The lowest BCUT2D eigenvalue weighted by Gasteiger charge is -2.35. The zero-order valence-corrected chi connectivity index (χ0v) is 13.8. The molecule has 1 saturated carbocycles. The van der Waals surface area contributed by atoms with E-state index in [2.05, 4.69) is 5.32 Å². The Labute approximate surface area is 140 Å². The van der Waals surface area contributed by atoms with Crippen LogP contribution in [0.1, 0.15) is 39.0 Å². The summed E-state index contributed by atoms with van der Waals surface area (Å²) in [6.45, 7) is 2.17. The Morgan fingerprint density at radius 2 is 1.92 bits per heavy atom. The van der Waals surface area contributed by atoms with Crippen LogP contribution in [-0.4, -0.2) is 63.9 Å². The summed E-state index contributed by atoms with van der Waals surface area (Å²) in [6.07, 6.45) is 3.54. The van der Waals surface area contributed by atoms with Crippen molar-refractivity contribution in [2.45, 2.75) is 44.6 Å².